The van der Waals surface area contributed by atoms with Crippen LogP contribution in [0.25, 0.3) is 0 Å². The number of carbonyl (C=O) groups is 1. The number of hydrogen-bond acceptors (Lipinski definition) is 2. The molecule has 0 spiro atoms. The lowest BCUT2D eigenvalue weighted by Crippen LogP contribution is -2.07. The molecule has 0 aliphatic heterocycles. The second-order valence-electron chi connectivity index (χ2n) is 2.33. The quantitative estimate of drug-likeness (QED) is 0.653. The lowest BCUT2D eigenvalue weighted by Gasteiger charge is -2.10. The molecule has 0 saturated carbocycles. The highest BCUT2D eigenvalue weighted by Crippen LogP contribution is 2.18. The molecule has 1 N–H and O–H groups in total. The average molecular weight is 148 g/mol. The smallest absolute Gasteiger partial charge is 0.365 e. The fourth-order valence-corrected chi connectivity index (χ4v) is 0.885. The van der Waals surface area contributed by atoms with Crippen molar-refractivity contribution in [2.45, 2.75) is 26.0 Å². The molecule has 0 fully saturated rings. The van der Waals surface area contributed by atoms with Crippen molar-refractivity contribution < 1.29 is 9.90 Å². The van der Waals surface area contributed by atoms with Crippen LogP contribution in [0.2, 0.25) is 0 Å². The van der Waals surface area contributed by atoms with Gasteiger partial charge >= 0.3 is 5.30 Å². The van der Waals surface area contributed by atoms with Crippen LogP contribution in [0.1, 0.15) is 20.8 Å². The van der Waals surface area contributed by atoms with E-state index < -0.39 is 5.30 Å². The fourth-order valence-electron chi connectivity index (χ4n) is 0.295. The maximum atomic E-state index is 10.1. The summed E-state index contributed by atoms with van der Waals surface area (Å²) < 4.78 is 0. The topological polar surface area (TPSA) is 37.3 Å². The number of rotatable bonds is 2. The van der Waals surface area contributed by atoms with Gasteiger partial charge in [0.05, 0.1) is 0 Å². The Kier molecular flexibility index (Phi) is 3.70. The summed E-state index contributed by atoms with van der Waals surface area (Å²) in [4.78, 5) is 10.1. The molecule has 0 aromatic rings. The first-order valence-electron chi connectivity index (χ1n) is 2.93. The van der Waals surface area contributed by atoms with Crippen molar-refractivity contribution in [1.82, 2.24) is 0 Å². The van der Waals surface area contributed by atoms with Gasteiger partial charge in [-0.3, -0.25) is 0 Å². The second-order valence-corrected chi connectivity index (χ2v) is 3.66. The molecule has 0 aliphatic rings. The van der Waals surface area contributed by atoms with Crippen LogP contribution in [0.5, 0.6) is 0 Å². The Bertz CT molecular complexity index is 101. The monoisotopic (exact) mass is 148 g/mol. The summed E-state index contributed by atoms with van der Waals surface area (Å²) in [6.45, 7) is 5.95. The Morgan fingerprint density at radius 1 is 1.44 bits per heavy atom. The Hall–Kier alpha value is -0.180. The van der Waals surface area contributed by atoms with Gasteiger partial charge in [-0.2, -0.15) is 0 Å². The third kappa shape index (κ3) is 4.33. The lowest BCUT2D eigenvalue weighted by molar-refractivity contribution is 0.222. The van der Waals surface area contributed by atoms with Crippen molar-refractivity contribution in [1.29, 1.82) is 0 Å². The van der Waals surface area contributed by atoms with Gasteiger partial charge in [0.15, 0.2) is 0 Å². The highest BCUT2D eigenvalue weighted by molar-refractivity contribution is 8.13. The normalized spacial score (nSPS) is 13.8. The molecular formula is C6H12O2S. The Morgan fingerprint density at radius 3 is 2.00 bits per heavy atom. The van der Waals surface area contributed by atoms with Gasteiger partial charge in [-0.25, -0.2) is 4.79 Å². The lowest BCUT2D eigenvalue weighted by atomic mass is 10.2. The Balaban J connectivity index is 3.50. The second kappa shape index (κ2) is 3.77. The maximum absolute atomic E-state index is 10.1. The molecule has 54 valence electrons. The van der Waals surface area contributed by atoms with Crippen LogP contribution in [0.15, 0.2) is 0 Å². The molecule has 0 rings (SSSR count). The summed E-state index contributed by atoms with van der Waals surface area (Å²) in [5, 5.41) is 7.73. The minimum atomic E-state index is -0.781. The largest absolute Gasteiger partial charge is 0.473 e. The van der Waals surface area contributed by atoms with Crippen molar-refractivity contribution in [2.24, 2.45) is 5.92 Å². The third-order valence-corrected chi connectivity index (χ3v) is 2.34. The molecule has 0 aliphatic carbocycles. The highest BCUT2D eigenvalue weighted by atomic mass is 32.2. The zero-order valence-corrected chi connectivity index (χ0v) is 6.73. The van der Waals surface area contributed by atoms with E-state index in [9.17, 15) is 4.79 Å². The van der Waals surface area contributed by atoms with Gasteiger partial charge in [-0.05, 0) is 17.7 Å². The minimum absolute atomic E-state index is 0.211. The van der Waals surface area contributed by atoms with E-state index in [1.807, 2.05) is 20.8 Å². The van der Waals surface area contributed by atoms with Gasteiger partial charge in [-0.15, -0.1) is 0 Å². The predicted octanol–water partition coefficient (Wildman–Crippen LogP) is 2.44. The van der Waals surface area contributed by atoms with E-state index in [0.29, 0.717) is 5.92 Å². The number of carboxylic acid groups (broad SMARTS) is 1. The van der Waals surface area contributed by atoms with Crippen molar-refractivity contribution in [2.75, 3.05) is 0 Å². The molecule has 1 atom stereocenters. The average Bonchev–Trinajstić information content (AvgIpc) is 1.63. The number of thioether (sulfide) groups is 1. The predicted molar refractivity (Wildman–Crippen MR) is 39.9 cm³/mol. The van der Waals surface area contributed by atoms with Crippen LogP contribution in [0.4, 0.5) is 4.79 Å². The molecule has 3 heteroatoms. The van der Waals surface area contributed by atoms with Gasteiger partial charge in [-0.1, -0.05) is 20.8 Å². The number of hydrogen-bond donors (Lipinski definition) is 1. The van der Waals surface area contributed by atoms with E-state index in [1.165, 1.54) is 0 Å². The molecule has 0 bridgehead atoms. The first kappa shape index (κ1) is 8.82. The Morgan fingerprint density at radius 2 is 1.89 bits per heavy atom. The summed E-state index contributed by atoms with van der Waals surface area (Å²) in [7, 11) is 0. The zero-order valence-electron chi connectivity index (χ0n) is 5.92. The molecule has 0 aromatic carbocycles. The van der Waals surface area contributed by atoms with Crippen LogP contribution in [-0.4, -0.2) is 15.7 Å². The van der Waals surface area contributed by atoms with Crippen LogP contribution in [0, 0.1) is 5.92 Å². The van der Waals surface area contributed by atoms with Crippen LogP contribution in [-0.2, 0) is 0 Å². The van der Waals surface area contributed by atoms with E-state index in [1.54, 1.807) is 0 Å². The molecule has 9 heavy (non-hydrogen) atoms. The molecule has 1 unspecified atom stereocenters. The summed E-state index contributed by atoms with van der Waals surface area (Å²) in [6.07, 6.45) is 0. The summed E-state index contributed by atoms with van der Waals surface area (Å²) in [5.41, 5.74) is 0. The maximum Gasteiger partial charge on any atom is 0.365 e. The molecule has 0 heterocycles. The molecule has 0 amide bonds. The van der Waals surface area contributed by atoms with E-state index in [0.717, 1.165) is 11.8 Å². The van der Waals surface area contributed by atoms with Crippen molar-refractivity contribution in [3.8, 4) is 0 Å². The summed E-state index contributed by atoms with van der Waals surface area (Å²) in [5.74, 6) is 0.436. The first-order chi connectivity index (χ1) is 4.04. The van der Waals surface area contributed by atoms with E-state index in [2.05, 4.69) is 0 Å². The molecule has 0 aromatic heterocycles. The molecular weight excluding hydrogens is 136 g/mol. The minimum Gasteiger partial charge on any atom is -0.473 e. The van der Waals surface area contributed by atoms with Crippen molar-refractivity contribution in [3.63, 3.8) is 0 Å². The van der Waals surface area contributed by atoms with Crippen molar-refractivity contribution >= 4 is 17.1 Å². The van der Waals surface area contributed by atoms with E-state index >= 15 is 0 Å². The first-order valence-corrected chi connectivity index (χ1v) is 3.81. The van der Waals surface area contributed by atoms with Gasteiger partial charge in [0, 0.05) is 5.25 Å². The van der Waals surface area contributed by atoms with E-state index in [-0.39, 0.29) is 5.25 Å². The molecule has 0 radical (unpaired) electrons. The van der Waals surface area contributed by atoms with Crippen molar-refractivity contribution in [3.05, 3.63) is 0 Å². The van der Waals surface area contributed by atoms with Crippen LogP contribution < -0.4 is 0 Å². The van der Waals surface area contributed by atoms with Gasteiger partial charge in [0.2, 0.25) is 0 Å². The van der Waals surface area contributed by atoms with Gasteiger partial charge in [0.25, 0.3) is 0 Å². The third-order valence-electron chi connectivity index (χ3n) is 1.23. The Labute approximate surface area is 59.6 Å². The highest BCUT2D eigenvalue weighted by Gasteiger charge is 2.10. The van der Waals surface area contributed by atoms with E-state index in [4.69, 9.17) is 5.11 Å². The zero-order chi connectivity index (χ0) is 7.44. The van der Waals surface area contributed by atoms with Gasteiger partial charge in [0.1, 0.15) is 0 Å². The summed E-state index contributed by atoms with van der Waals surface area (Å²) in [6, 6.07) is 0. The van der Waals surface area contributed by atoms with Crippen LogP contribution in [0.3, 0.4) is 0 Å². The fraction of sp³-hybridized carbons (Fsp3) is 0.833. The van der Waals surface area contributed by atoms with Crippen LogP contribution >= 0.6 is 11.8 Å². The summed E-state index contributed by atoms with van der Waals surface area (Å²) >= 11 is 0.979. The molecule has 2 nitrogen and oxygen atoms in total. The molecule has 0 saturated heterocycles. The standard InChI is InChI=1S/C6H12O2S/c1-4(2)5(3)9-6(7)8/h4-5H,1-3H3,(H,7,8). The van der Waals surface area contributed by atoms with Gasteiger partial charge < -0.3 is 5.11 Å². The SMILES string of the molecule is CC(C)C(C)SC(=O)O.